The number of aromatic nitrogens is 2. The normalized spacial score (nSPS) is 14.1. The lowest BCUT2D eigenvalue weighted by Gasteiger charge is -2.04. The molecule has 1 aliphatic rings. The van der Waals surface area contributed by atoms with Crippen LogP contribution in [0.25, 0.3) is 5.69 Å². The third kappa shape index (κ3) is 1.30. The number of nitrogens with zero attached hydrogens (tertiary/aromatic N) is 2. The molecule has 0 amide bonds. The topological polar surface area (TPSA) is 47.3 Å². The van der Waals surface area contributed by atoms with Crippen LogP contribution in [0.3, 0.4) is 0 Å². The highest BCUT2D eigenvalue weighted by atomic mass is 16.5. The van der Waals surface area contributed by atoms with Gasteiger partial charge in [0, 0.05) is 11.6 Å². The predicted molar refractivity (Wildman–Crippen MR) is 53.7 cm³/mol. The highest BCUT2D eigenvalue weighted by molar-refractivity contribution is 5.40. The van der Waals surface area contributed by atoms with Gasteiger partial charge in [0.25, 0.3) is 0 Å². The number of fused-ring (bicyclic) bond motifs is 1. The van der Waals surface area contributed by atoms with Crippen molar-refractivity contribution < 1.29 is 9.84 Å². The molecule has 2 heterocycles. The molecule has 0 saturated carbocycles. The SMILES string of the molecule is Oc1cccc(-n2ncc3c2COC3)c1. The number of phenolic OH excluding ortho intramolecular Hbond substituents is 1. The van der Waals surface area contributed by atoms with Crippen LogP contribution in [-0.4, -0.2) is 14.9 Å². The molecular weight excluding hydrogens is 192 g/mol. The van der Waals surface area contributed by atoms with Crippen molar-refractivity contribution in [2.24, 2.45) is 0 Å². The fraction of sp³-hybridized carbons (Fsp3) is 0.182. The van der Waals surface area contributed by atoms with E-state index in [1.54, 1.807) is 18.2 Å². The van der Waals surface area contributed by atoms with E-state index < -0.39 is 0 Å². The molecule has 4 heteroatoms. The van der Waals surface area contributed by atoms with Crippen LogP contribution in [0.2, 0.25) is 0 Å². The lowest BCUT2D eigenvalue weighted by Crippen LogP contribution is -2.00. The highest BCUT2D eigenvalue weighted by Gasteiger charge is 2.17. The Hall–Kier alpha value is -1.81. The molecule has 0 atom stereocenters. The maximum Gasteiger partial charge on any atom is 0.117 e. The van der Waals surface area contributed by atoms with Gasteiger partial charge < -0.3 is 9.84 Å². The summed E-state index contributed by atoms with van der Waals surface area (Å²) in [5, 5.41) is 13.7. The lowest BCUT2D eigenvalue weighted by atomic mass is 10.2. The third-order valence-electron chi connectivity index (χ3n) is 2.53. The zero-order chi connectivity index (χ0) is 10.3. The molecule has 0 unspecified atom stereocenters. The molecule has 2 aromatic rings. The highest BCUT2D eigenvalue weighted by Crippen LogP contribution is 2.23. The number of benzene rings is 1. The Bertz CT molecular complexity index is 505. The molecule has 0 bridgehead atoms. The Morgan fingerprint density at radius 1 is 1.33 bits per heavy atom. The number of hydrogen-bond donors (Lipinski definition) is 1. The van der Waals surface area contributed by atoms with E-state index in [1.165, 1.54) is 0 Å². The van der Waals surface area contributed by atoms with Crippen LogP contribution in [0, 0.1) is 0 Å². The molecule has 4 nitrogen and oxygen atoms in total. The number of rotatable bonds is 1. The maximum atomic E-state index is 9.39. The van der Waals surface area contributed by atoms with Crippen molar-refractivity contribution >= 4 is 0 Å². The van der Waals surface area contributed by atoms with Crippen molar-refractivity contribution in [3.63, 3.8) is 0 Å². The van der Waals surface area contributed by atoms with Gasteiger partial charge in [0.2, 0.25) is 0 Å². The predicted octanol–water partition coefficient (Wildman–Crippen LogP) is 1.61. The zero-order valence-corrected chi connectivity index (χ0v) is 8.05. The third-order valence-corrected chi connectivity index (χ3v) is 2.53. The molecule has 0 spiro atoms. The molecule has 0 saturated heterocycles. The van der Waals surface area contributed by atoms with Gasteiger partial charge in [-0.3, -0.25) is 0 Å². The summed E-state index contributed by atoms with van der Waals surface area (Å²) in [5.41, 5.74) is 3.06. The second-order valence-corrected chi connectivity index (χ2v) is 3.54. The summed E-state index contributed by atoms with van der Waals surface area (Å²) >= 11 is 0. The van der Waals surface area contributed by atoms with E-state index in [0.29, 0.717) is 13.2 Å². The first kappa shape index (κ1) is 8.49. The molecular formula is C11H10N2O2. The first-order valence-electron chi connectivity index (χ1n) is 4.77. The fourth-order valence-electron chi connectivity index (χ4n) is 1.79. The maximum absolute atomic E-state index is 9.39. The molecule has 1 aromatic carbocycles. The van der Waals surface area contributed by atoms with E-state index >= 15 is 0 Å². The van der Waals surface area contributed by atoms with E-state index in [-0.39, 0.29) is 5.75 Å². The van der Waals surface area contributed by atoms with Crippen LogP contribution in [0.1, 0.15) is 11.3 Å². The van der Waals surface area contributed by atoms with Gasteiger partial charge in [-0.15, -0.1) is 0 Å². The molecule has 1 aliphatic heterocycles. The largest absolute Gasteiger partial charge is 0.508 e. The molecule has 1 aromatic heterocycles. The van der Waals surface area contributed by atoms with Crippen molar-refractivity contribution in [1.29, 1.82) is 0 Å². The average molecular weight is 202 g/mol. The minimum absolute atomic E-state index is 0.246. The molecule has 0 radical (unpaired) electrons. The number of hydrogen-bond acceptors (Lipinski definition) is 3. The summed E-state index contributed by atoms with van der Waals surface area (Å²) in [7, 11) is 0. The second kappa shape index (κ2) is 3.10. The van der Waals surface area contributed by atoms with Crippen LogP contribution >= 0.6 is 0 Å². The molecule has 3 rings (SSSR count). The Balaban J connectivity index is 2.13. The molecule has 15 heavy (non-hydrogen) atoms. The van der Waals surface area contributed by atoms with Crippen molar-refractivity contribution in [1.82, 2.24) is 9.78 Å². The summed E-state index contributed by atoms with van der Waals surface area (Å²) in [4.78, 5) is 0. The van der Waals surface area contributed by atoms with Crippen LogP contribution in [0.5, 0.6) is 5.75 Å². The van der Waals surface area contributed by atoms with Crippen molar-refractivity contribution in [3.05, 3.63) is 41.7 Å². The van der Waals surface area contributed by atoms with Gasteiger partial charge in [0.1, 0.15) is 5.75 Å². The van der Waals surface area contributed by atoms with Crippen LogP contribution in [0.4, 0.5) is 0 Å². The van der Waals surface area contributed by atoms with E-state index in [2.05, 4.69) is 5.10 Å². The average Bonchev–Trinajstić information content (AvgIpc) is 2.77. The van der Waals surface area contributed by atoms with Crippen LogP contribution < -0.4 is 0 Å². The summed E-state index contributed by atoms with van der Waals surface area (Å²) in [5.74, 6) is 0.246. The molecule has 0 fully saturated rings. The first-order valence-corrected chi connectivity index (χ1v) is 4.77. The van der Waals surface area contributed by atoms with E-state index in [0.717, 1.165) is 16.9 Å². The number of ether oxygens (including phenoxy) is 1. The fourth-order valence-corrected chi connectivity index (χ4v) is 1.79. The van der Waals surface area contributed by atoms with Gasteiger partial charge in [-0.25, -0.2) is 4.68 Å². The second-order valence-electron chi connectivity index (χ2n) is 3.54. The number of phenols is 1. The van der Waals surface area contributed by atoms with Crippen LogP contribution in [-0.2, 0) is 18.0 Å². The van der Waals surface area contributed by atoms with Crippen molar-refractivity contribution in [2.45, 2.75) is 13.2 Å². The lowest BCUT2D eigenvalue weighted by molar-refractivity contribution is 0.130. The van der Waals surface area contributed by atoms with E-state index in [4.69, 9.17) is 4.74 Å². The van der Waals surface area contributed by atoms with Gasteiger partial charge >= 0.3 is 0 Å². The van der Waals surface area contributed by atoms with E-state index in [1.807, 2.05) is 16.9 Å². The molecule has 1 N–H and O–H groups in total. The summed E-state index contributed by atoms with van der Waals surface area (Å²) in [6.07, 6.45) is 1.81. The van der Waals surface area contributed by atoms with Gasteiger partial charge in [-0.1, -0.05) is 6.07 Å². The molecule has 0 aliphatic carbocycles. The molecule has 76 valence electrons. The summed E-state index contributed by atoms with van der Waals surface area (Å²) in [6.45, 7) is 1.22. The Morgan fingerprint density at radius 2 is 2.27 bits per heavy atom. The van der Waals surface area contributed by atoms with Crippen LogP contribution in [0.15, 0.2) is 30.5 Å². The van der Waals surface area contributed by atoms with Crippen molar-refractivity contribution in [2.75, 3.05) is 0 Å². The van der Waals surface area contributed by atoms with Gasteiger partial charge in [-0.2, -0.15) is 5.10 Å². The Labute approximate surface area is 86.7 Å². The zero-order valence-electron chi connectivity index (χ0n) is 8.05. The first-order chi connectivity index (χ1) is 7.34. The minimum atomic E-state index is 0.246. The smallest absolute Gasteiger partial charge is 0.117 e. The van der Waals surface area contributed by atoms with Gasteiger partial charge in [0.05, 0.1) is 30.8 Å². The van der Waals surface area contributed by atoms with Gasteiger partial charge in [-0.05, 0) is 12.1 Å². The Kier molecular flexibility index (Phi) is 1.76. The number of aromatic hydroxyl groups is 1. The van der Waals surface area contributed by atoms with Gasteiger partial charge in [0.15, 0.2) is 0 Å². The standard InChI is InChI=1S/C11H10N2O2/c14-10-3-1-2-9(4-10)13-11-7-15-6-8(11)5-12-13/h1-5,14H,6-7H2. The Morgan fingerprint density at radius 3 is 3.13 bits per heavy atom. The monoisotopic (exact) mass is 202 g/mol. The quantitative estimate of drug-likeness (QED) is 0.764. The minimum Gasteiger partial charge on any atom is -0.508 e. The van der Waals surface area contributed by atoms with Crippen molar-refractivity contribution in [3.8, 4) is 11.4 Å². The van der Waals surface area contributed by atoms with E-state index in [9.17, 15) is 5.11 Å². The summed E-state index contributed by atoms with van der Waals surface area (Å²) < 4.78 is 7.13. The summed E-state index contributed by atoms with van der Waals surface area (Å²) in [6, 6.07) is 7.04.